The van der Waals surface area contributed by atoms with E-state index in [-0.39, 0.29) is 23.8 Å². The van der Waals surface area contributed by atoms with E-state index in [1.807, 2.05) is 48.4 Å². The van der Waals surface area contributed by atoms with Crippen LogP contribution in [-0.2, 0) is 16.1 Å². The summed E-state index contributed by atoms with van der Waals surface area (Å²) in [5.74, 6) is 0.783. The van der Waals surface area contributed by atoms with Gasteiger partial charge in [0.05, 0.1) is 17.7 Å². The van der Waals surface area contributed by atoms with E-state index in [2.05, 4.69) is 18.3 Å². The predicted molar refractivity (Wildman–Crippen MR) is 115 cm³/mol. The molecule has 1 aromatic carbocycles. The molecule has 1 saturated heterocycles. The summed E-state index contributed by atoms with van der Waals surface area (Å²) in [6.45, 7) is 2.46. The van der Waals surface area contributed by atoms with Crippen LogP contribution in [0.15, 0.2) is 52.0 Å². The molecule has 1 aliphatic carbocycles. The van der Waals surface area contributed by atoms with E-state index in [1.54, 1.807) is 18.0 Å². The molecule has 2 amide bonds. The molecule has 0 spiro atoms. The summed E-state index contributed by atoms with van der Waals surface area (Å²) >= 11 is 1.68. The summed E-state index contributed by atoms with van der Waals surface area (Å²) < 4.78 is 5.28. The van der Waals surface area contributed by atoms with Crippen LogP contribution in [0.1, 0.15) is 36.1 Å². The van der Waals surface area contributed by atoms with E-state index in [9.17, 15) is 9.59 Å². The SMILES string of the molecule is Cc1ccccc1/C=C1\SC2CCC(C(=O)NCc3ccco3)CC2N(C)C1=O. The van der Waals surface area contributed by atoms with Crippen LogP contribution in [0.3, 0.4) is 0 Å². The van der Waals surface area contributed by atoms with E-state index < -0.39 is 0 Å². The maximum atomic E-state index is 13.0. The molecule has 152 valence electrons. The Bertz CT molecular complexity index is 922. The van der Waals surface area contributed by atoms with Gasteiger partial charge in [0, 0.05) is 24.3 Å². The molecular weight excluding hydrogens is 384 g/mol. The Balaban J connectivity index is 1.42. The first-order valence-electron chi connectivity index (χ1n) is 10.0. The van der Waals surface area contributed by atoms with Crippen LogP contribution < -0.4 is 5.32 Å². The van der Waals surface area contributed by atoms with Gasteiger partial charge in [-0.1, -0.05) is 24.3 Å². The first kappa shape index (κ1) is 19.8. The van der Waals surface area contributed by atoms with Gasteiger partial charge in [0.25, 0.3) is 5.91 Å². The van der Waals surface area contributed by atoms with Crippen molar-refractivity contribution in [1.29, 1.82) is 0 Å². The Morgan fingerprint density at radius 3 is 2.86 bits per heavy atom. The number of benzene rings is 1. The van der Waals surface area contributed by atoms with E-state index >= 15 is 0 Å². The summed E-state index contributed by atoms with van der Waals surface area (Å²) in [4.78, 5) is 28.2. The van der Waals surface area contributed by atoms with Crippen molar-refractivity contribution in [3.05, 3.63) is 64.5 Å². The van der Waals surface area contributed by atoms with Gasteiger partial charge in [-0.05, 0) is 55.5 Å². The monoisotopic (exact) mass is 410 g/mol. The number of nitrogens with zero attached hydrogens (tertiary/aromatic N) is 1. The van der Waals surface area contributed by atoms with Crippen molar-refractivity contribution in [2.24, 2.45) is 5.92 Å². The van der Waals surface area contributed by atoms with Gasteiger partial charge in [-0.3, -0.25) is 9.59 Å². The summed E-state index contributed by atoms with van der Waals surface area (Å²) in [6.07, 6.45) is 6.10. The van der Waals surface area contributed by atoms with Gasteiger partial charge < -0.3 is 14.6 Å². The predicted octanol–water partition coefficient (Wildman–Crippen LogP) is 3.99. The van der Waals surface area contributed by atoms with Crippen LogP contribution in [-0.4, -0.2) is 35.1 Å². The molecule has 1 aromatic heterocycles. The molecule has 3 atom stereocenters. The van der Waals surface area contributed by atoms with Crippen molar-refractivity contribution in [1.82, 2.24) is 10.2 Å². The molecule has 6 heteroatoms. The number of fused-ring (bicyclic) bond motifs is 1. The highest BCUT2D eigenvalue weighted by Gasteiger charge is 2.42. The fraction of sp³-hybridized carbons (Fsp3) is 0.391. The third kappa shape index (κ3) is 4.27. The third-order valence-electron chi connectivity index (χ3n) is 5.92. The normalized spacial score (nSPS) is 25.7. The van der Waals surface area contributed by atoms with Gasteiger partial charge in [0.2, 0.25) is 5.91 Å². The minimum Gasteiger partial charge on any atom is -0.467 e. The van der Waals surface area contributed by atoms with E-state index in [4.69, 9.17) is 4.42 Å². The lowest BCUT2D eigenvalue weighted by atomic mass is 9.83. The van der Waals surface area contributed by atoms with Crippen molar-refractivity contribution in [2.45, 2.75) is 44.0 Å². The van der Waals surface area contributed by atoms with Gasteiger partial charge in [-0.2, -0.15) is 0 Å². The minimum absolute atomic E-state index is 0.0481. The summed E-state index contributed by atoms with van der Waals surface area (Å²) in [5.41, 5.74) is 2.25. The number of hydrogen-bond acceptors (Lipinski definition) is 4. The fourth-order valence-corrected chi connectivity index (χ4v) is 5.63. The molecule has 1 N–H and O–H groups in total. The minimum atomic E-state index is -0.0658. The van der Waals surface area contributed by atoms with Crippen molar-refractivity contribution in [2.75, 3.05) is 7.05 Å². The van der Waals surface area contributed by atoms with Crippen molar-refractivity contribution >= 4 is 29.7 Å². The molecule has 0 bridgehead atoms. The zero-order valence-electron chi connectivity index (χ0n) is 16.8. The van der Waals surface area contributed by atoms with Crippen LogP contribution >= 0.6 is 11.8 Å². The highest BCUT2D eigenvalue weighted by Crippen LogP contribution is 2.43. The number of rotatable bonds is 4. The quantitative estimate of drug-likeness (QED) is 0.775. The molecule has 0 radical (unpaired) electrons. The highest BCUT2D eigenvalue weighted by molar-refractivity contribution is 8.04. The van der Waals surface area contributed by atoms with Crippen LogP contribution in [0.25, 0.3) is 6.08 Å². The van der Waals surface area contributed by atoms with Crippen LogP contribution in [0, 0.1) is 12.8 Å². The smallest absolute Gasteiger partial charge is 0.260 e. The molecular formula is C23H26N2O3S. The lowest BCUT2D eigenvalue weighted by Crippen LogP contribution is -2.52. The second-order valence-electron chi connectivity index (χ2n) is 7.81. The molecule has 29 heavy (non-hydrogen) atoms. The Morgan fingerprint density at radius 2 is 2.10 bits per heavy atom. The number of nitrogens with one attached hydrogen (secondary N) is 1. The Kier molecular flexibility index (Phi) is 5.81. The molecule has 1 saturated carbocycles. The molecule has 2 aliphatic rings. The number of furan rings is 1. The molecule has 5 nitrogen and oxygen atoms in total. The second kappa shape index (κ2) is 8.49. The van der Waals surface area contributed by atoms with Crippen LogP contribution in [0.5, 0.6) is 0 Å². The lowest BCUT2D eigenvalue weighted by molar-refractivity contribution is -0.132. The van der Waals surface area contributed by atoms with Gasteiger partial charge in [0.15, 0.2) is 0 Å². The molecule has 1 aliphatic heterocycles. The maximum Gasteiger partial charge on any atom is 0.260 e. The fourth-order valence-electron chi connectivity index (χ4n) is 4.16. The molecule has 2 fully saturated rings. The number of aryl methyl sites for hydroxylation is 1. The second-order valence-corrected chi connectivity index (χ2v) is 9.09. The molecule has 4 rings (SSSR count). The largest absolute Gasteiger partial charge is 0.467 e. The number of hydrogen-bond donors (Lipinski definition) is 1. The number of carbonyl (C=O) groups is 2. The van der Waals surface area contributed by atoms with Crippen LogP contribution in [0.4, 0.5) is 0 Å². The number of thioether (sulfide) groups is 1. The Morgan fingerprint density at radius 1 is 1.28 bits per heavy atom. The summed E-state index contributed by atoms with van der Waals surface area (Å²) in [7, 11) is 1.87. The zero-order valence-corrected chi connectivity index (χ0v) is 17.6. The van der Waals surface area contributed by atoms with Crippen molar-refractivity contribution in [3.63, 3.8) is 0 Å². The van der Waals surface area contributed by atoms with Crippen molar-refractivity contribution in [3.8, 4) is 0 Å². The van der Waals surface area contributed by atoms with Gasteiger partial charge in [-0.15, -0.1) is 11.8 Å². The zero-order chi connectivity index (χ0) is 20.4. The number of carbonyl (C=O) groups excluding carboxylic acids is 2. The van der Waals surface area contributed by atoms with Gasteiger partial charge in [-0.25, -0.2) is 0 Å². The topological polar surface area (TPSA) is 62.6 Å². The summed E-state index contributed by atoms with van der Waals surface area (Å²) in [5, 5.41) is 3.30. The first-order chi connectivity index (χ1) is 14.0. The summed E-state index contributed by atoms with van der Waals surface area (Å²) in [6, 6.07) is 11.9. The van der Waals surface area contributed by atoms with E-state index in [0.717, 1.165) is 34.6 Å². The van der Waals surface area contributed by atoms with E-state index in [0.29, 0.717) is 18.2 Å². The highest BCUT2D eigenvalue weighted by atomic mass is 32.2. The lowest BCUT2D eigenvalue weighted by Gasteiger charge is -2.44. The first-order valence-corrected chi connectivity index (χ1v) is 10.9. The van der Waals surface area contributed by atoms with E-state index in [1.165, 1.54) is 0 Å². The maximum absolute atomic E-state index is 13.0. The average Bonchev–Trinajstić information content (AvgIpc) is 3.25. The molecule has 2 heterocycles. The Hall–Kier alpha value is -2.47. The van der Waals surface area contributed by atoms with Gasteiger partial charge in [0.1, 0.15) is 5.76 Å². The standard InChI is InChI=1S/C23H26N2O3S/c1-15-6-3-4-7-16(15)13-21-23(27)25(2)19-12-17(9-10-20(19)29-21)22(26)24-14-18-8-5-11-28-18/h3-8,11,13,17,19-20H,9-10,12,14H2,1-2H3,(H,24,26)/b21-13-. The Labute approximate surface area is 175 Å². The number of amides is 2. The van der Waals surface area contributed by atoms with Crippen molar-refractivity contribution < 1.29 is 14.0 Å². The average molecular weight is 411 g/mol. The molecule has 3 unspecified atom stereocenters. The number of likely N-dealkylation sites (N-methyl/N-ethyl adjacent to an activating group) is 1. The third-order valence-corrected chi connectivity index (χ3v) is 7.32. The van der Waals surface area contributed by atoms with Crippen LogP contribution in [0.2, 0.25) is 0 Å². The molecule has 2 aromatic rings. The van der Waals surface area contributed by atoms with Gasteiger partial charge >= 0.3 is 0 Å².